The Labute approximate surface area is 198 Å². The predicted octanol–water partition coefficient (Wildman–Crippen LogP) is 4.04. The molecule has 0 spiro atoms. The number of rotatable bonds is 4. The Bertz CT molecular complexity index is 1200. The quantitative estimate of drug-likeness (QED) is 0.636. The molecule has 33 heavy (non-hydrogen) atoms. The number of hydrogen-bond donors (Lipinski definition) is 1. The summed E-state index contributed by atoms with van der Waals surface area (Å²) < 4.78 is 0. The van der Waals surface area contributed by atoms with E-state index in [0.717, 1.165) is 41.2 Å². The summed E-state index contributed by atoms with van der Waals surface area (Å²) >= 11 is 6.04. The molecular formula is C25H25ClN6O. The highest BCUT2D eigenvalue weighted by Gasteiger charge is 2.30. The van der Waals surface area contributed by atoms with Gasteiger partial charge in [0, 0.05) is 61.6 Å². The number of fused-ring (bicyclic) bond motifs is 1. The van der Waals surface area contributed by atoms with Gasteiger partial charge in [-0.1, -0.05) is 23.7 Å². The van der Waals surface area contributed by atoms with Gasteiger partial charge in [0.15, 0.2) is 0 Å². The van der Waals surface area contributed by atoms with Crippen LogP contribution in [-0.4, -0.2) is 51.6 Å². The van der Waals surface area contributed by atoms with Gasteiger partial charge in [0.25, 0.3) is 0 Å². The van der Waals surface area contributed by atoms with E-state index in [-0.39, 0.29) is 12.1 Å². The van der Waals surface area contributed by atoms with Crippen LogP contribution in [0.25, 0.3) is 11.6 Å². The van der Waals surface area contributed by atoms with Crippen molar-refractivity contribution in [3.05, 3.63) is 82.5 Å². The van der Waals surface area contributed by atoms with Crippen molar-refractivity contribution in [1.82, 2.24) is 25.2 Å². The zero-order valence-corrected chi connectivity index (χ0v) is 19.2. The van der Waals surface area contributed by atoms with Gasteiger partial charge >= 0.3 is 6.03 Å². The van der Waals surface area contributed by atoms with Crippen molar-refractivity contribution in [2.24, 2.45) is 0 Å². The number of benzene rings is 1. The van der Waals surface area contributed by atoms with Crippen molar-refractivity contribution in [3.8, 4) is 0 Å². The number of carbonyl (C=O) groups is 1. The Hall–Kier alpha value is -3.45. The largest absolute Gasteiger partial charge is 0.352 e. The molecule has 7 nitrogen and oxygen atoms in total. The maximum absolute atomic E-state index is 12.8. The Balaban J connectivity index is 1.26. The molecule has 8 heteroatoms. The molecule has 1 fully saturated rings. The molecule has 2 aromatic heterocycles. The lowest BCUT2D eigenvalue weighted by molar-refractivity contribution is 0.171. The molecule has 0 unspecified atom stereocenters. The fourth-order valence-corrected chi connectivity index (χ4v) is 4.71. The van der Waals surface area contributed by atoms with E-state index < -0.39 is 0 Å². The summed E-state index contributed by atoms with van der Waals surface area (Å²) in [7, 11) is 0. The molecule has 1 saturated heterocycles. The molecule has 0 bridgehead atoms. The molecule has 1 aliphatic heterocycles. The van der Waals surface area contributed by atoms with Crippen molar-refractivity contribution in [2.45, 2.75) is 25.9 Å². The number of hydrogen-bond acceptors (Lipinski definition) is 5. The Morgan fingerprint density at radius 1 is 1.18 bits per heavy atom. The fraction of sp³-hybridized carbons (Fsp3) is 0.280. The summed E-state index contributed by atoms with van der Waals surface area (Å²) in [5, 5.41) is 3.68. The van der Waals surface area contributed by atoms with Gasteiger partial charge < -0.3 is 15.1 Å². The predicted molar refractivity (Wildman–Crippen MR) is 130 cm³/mol. The highest BCUT2D eigenvalue weighted by Crippen LogP contribution is 2.35. The summed E-state index contributed by atoms with van der Waals surface area (Å²) in [6, 6.07) is 11.6. The van der Waals surface area contributed by atoms with Gasteiger partial charge in [0.1, 0.15) is 12.1 Å². The lowest BCUT2D eigenvalue weighted by atomic mass is 10.1. The van der Waals surface area contributed by atoms with E-state index in [4.69, 9.17) is 11.6 Å². The van der Waals surface area contributed by atoms with Crippen molar-refractivity contribution >= 4 is 35.1 Å². The highest BCUT2D eigenvalue weighted by molar-refractivity contribution is 6.30. The van der Waals surface area contributed by atoms with E-state index in [1.54, 1.807) is 6.33 Å². The molecule has 3 aromatic rings. The number of nitrogens with one attached hydrogen (secondary N) is 1. The van der Waals surface area contributed by atoms with Crippen LogP contribution in [0.2, 0.25) is 5.02 Å². The number of halogens is 1. The summed E-state index contributed by atoms with van der Waals surface area (Å²) in [4.78, 5) is 30.2. The van der Waals surface area contributed by atoms with Crippen LogP contribution in [-0.2, 0) is 13.0 Å². The maximum Gasteiger partial charge on any atom is 0.318 e. The number of nitrogens with zero attached hydrogens (tertiary/aromatic N) is 5. The monoisotopic (exact) mass is 460 g/mol. The second-order valence-corrected chi connectivity index (χ2v) is 8.85. The van der Waals surface area contributed by atoms with Crippen LogP contribution < -0.4 is 10.2 Å². The summed E-state index contributed by atoms with van der Waals surface area (Å²) in [6.07, 6.45) is 8.24. The zero-order valence-electron chi connectivity index (χ0n) is 18.4. The minimum Gasteiger partial charge on any atom is -0.352 e. The second-order valence-electron chi connectivity index (χ2n) is 8.42. The summed E-state index contributed by atoms with van der Waals surface area (Å²) in [5.41, 5.74) is 5.48. The topological polar surface area (TPSA) is 74.2 Å². The molecule has 1 aliphatic carbocycles. The van der Waals surface area contributed by atoms with Crippen molar-refractivity contribution in [1.29, 1.82) is 0 Å². The smallest absolute Gasteiger partial charge is 0.318 e. The lowest BCUT2D eigenvalue weighted by Crippen LogP contribution is -2.56. The zero-order chi connectivity index (χ0) is 22.8. The summed E-state index contributed by atoms with van der Waals surface area (Å²) in [5.74, 6) is 0.940. The first-order valence-electron chi connectivity index (χ1n) is 11.1. The fourth-order valence-electron chi connectivity index (χ4n) is 4.50. The number of allylic oxidation sites excluding steroid dienone is 1. The first-order chi connectivity index (χ1) is 16.1. The summed E-state index contributed by atoms with van der Waals surface area (Å²) in [6.45, 7) is 4.59. The van der Waals surface area contributed by atoms with Crippen LogP contribution in [0.5, 0.6) is 0 Å². The highest BCUT2D eigenvalue weighted by atomic mass is 35.5. The van der Waals surface area contributed by atoms with Crippen LogP contribution in [0, 0.1) is 0 Å². The Kier molecular flexibility index (Phi) is 5.96. The van der Waals surface area contributed by atoms with Crippen molar-refractivity contribution in [3.63, 3.8) is 0 Å². The van der Waals surface area contributed by atoms with E-state index in [9.17, 15) is 4.79 Å². The minimum atomic E-state index is -0.0603. The van der Waals surface area contributed by atoms with Gasteiger partial charge in [-0.2, -0.15) is 0 Å². The number of amides is 2. The third-order valence-corrected chi connectivity index (χ3v) is 6.43. The molecule has 1 N–H and O–H groups in total. The molecule has 168 valence electrons. The molecular weight excluding hydrogens is 436 g/mol. The third-order valence-electron chi connectivity index (χ3n) is 6.19. The standard InChI is InChI=1S/C25H25ClN6O/c1-17-15-31(9-10-32(17)25(33)28-14-18-3-2-4-21(26)11-18)24-22-12-20(13-23(22)29-16-30-24)19-5-7-27-8-6-19/h2-8,11-12,16-17H,9-10,13-15H2,1H3,(H,28,33)/t17-/m0/s1. The number of anilines is 1. The lowest BCUT2D eigenvalue weighted by Gasteiger charge is -2.40. The van der Waals surface area contributed by atoms with E-state index in [2.05, 4.69) is 38.2 Å². The second kappa shape index (κ2) is 9.19. The van der Waals surface area contributed by atoms with Gasteiger partial charge in [-0.3, -0.25) is 4.98 Å². The van der Waals surface area contributed by atoms with E-state index in [1.165, 1.54) is 5.57 Å². The first kappa shape index (κ1) is 21.4. The number of aromatic nitrogens is 3. The van der Waals surface area contributed by atoms with Crippen LogP contribution >= 0.6 is 11.6 Å². The molecule has 2 aliphatic rings. The molecule has 0 radical (unpaired) electrons. The van der Waals surface area contributed by atoms with Crippen LogP contribution in [0.15, 0.2) is 55.1 Å². The van der Waals surface area contributed by atoms with Gasteiger partial charge in [-0.15, -0.1) is 0 Å². The first-order valence-corrected chi connectivity index (χ1v) is 11.4. The van der Waals surface area contributed by atoms with Gasteiger partial charge in [0.05, 0.1) is 5.69 Å². The SMILES string of the molecule is C[C@H]1CN(c2ncnc3c2C=C(c2ccncc2)C3)CCN1C(=O)NCc1cccc(Cl)c1. The van der Waals surface area contributed by atoms with E-state index in [1.807, 2.05) is 53.7 Å². The van der Waals surface area contributed by atoms with Crippen molar-refractivity contribution < 1.29 is 4.79 Å². The molecule has 5 rings (SSSR count). The van der Waals surface area contributed by atoms with Crippen LogP contribution in [0.3, 0.4) is 0 Å². The van der Waals surface area contributed by atoms with Crippen LogP contribution in [0.4, 0.5) is 10.6 Å². The minimum absolute atomic E-state index is 0.0498. The molecule has 1 atom stereocenters. The number of urea groups is 1. The Morgan fingerprint density at radius 3 is 2.82 bits per heavy atom. The van der Waals surface area contributed by atoms with Gasteiger partial charge in [0.2, 0.25) is 0 Å². The van der Waals surface area contributed by atoms with Crippen molar-refractivity contribution in [2.75, 3.05) is 24.5 Å². The molecule has 0 saturated carbocycles. The number of carbonyl (C=O) groups excluding carboxylic acids is 1. The van der Waals surface area contributed by atoms with Gasteiger partial charge in [-0.25, -0.2) is 14.8 Å². The molecule has 3 heterocycles. The van der Waals surface area contributed by atoms with Crippen LogP contribution in [0.1, 0.15) is 29.3 Å². The molecule has 2 amide bonds. The number of piperazine rings is 1. The average molecular weight is 461 g/mol. The van der Waals surface area contributed by atoms with Gasteiger partial charge in [-0.05, 0) is 54.0 Å². The Morgan fingerprint density at radius 2 is 2.03 bits per heavy atom. The molecule has 1 aromatic carbocycles. The normalized spacial score (nSPS) is 17.5. The van der Waals surface area contributed by atoms with E-state index >= 15 is 0 Å². The van der Waals surface area contributed by atoms with E-state index in [0.29, 0.717) is 24.7 Å². The maximum atomic E-state index is 12.8. The third kappa shape index (κ3) is 4.54. The number of pyridine rings is 1. The average Bonchev–Trinajstić information content (AvgIpc) is 3.28.